The molecule has 0 aliphatic carbocycles. The number of carboxylic acid groups (broad SMARTS) is 2. The number of aromatic nitrogens is 3. The molecule has 3 amide bonds. The molecule has 3 rings (SSSR count). The number of nitrogens with zero attached hydrogens (tertiary/aromatic N) is 2. The summed E-state index contributed by atoms with van der Waals surface area (Å²) in [7, 11) is 0. The maximum Gasteiger partial charge on any atom is 0.326 e. The molecule has 13 N–H and O–H groups in total. The Balaban J connectivity index is 1.80. The Hall–Kier alpha value is -5.45. The maximum atomic E-state index is 13.7. The van der Waals surface area contributed by atoms with E-state index in [1.165, 1.54) is 12.5 Å². The first-order chi connectivity index (χ1) is 21.4. The van der Waals surface area contributed by atoms with E-state index in [0.29, 0.717) is 11.3 Å². The van der Waals surface area contributed by atoms with Gasteiger partial charge in [0.2, 0.25) is 17.7 Å². The summed E-state index contributed by atoms with van der Waals surface area (Å²) in [5.74, 6) is -5.10. The minimum absolute atomic E-state index is 0.00578. The van der Waals surface area contributed by atoms with Crippen LogP contribution in [0.4, 0.5) is 0 Å². The second-order valence-electron chi connectivity index (χ2n) is 10.4. The molecule has 0 aliphatic heterocycles. The molecule has 4 unspecified atom stereocenters. The van der Waals surface area contributed by atoms with Crippen LogP contribution in [0.5, 0.6) is 0 Å². The average Bonchev–Trinajstić information content (AvgIpc) is 3.65. The van der Waals surface area contributed by atoms with Crippen molar-refractivity contribution in [1.82, 2.24) is 30.9 Å². The van der Waals surface area contributed by atoms with E-state index < -0.39 is 60.2 Å². The normalized spacial score (nSPS) is 13.6. The number of hydrogen-bond acceptors (Lipinski definition) is 8. The Bertz CT molecular complexity index is 1500. The number of carboxylic acids is 2. The van der Waals surface area contributed by atoms with Gasteiger partial charge in [-0.2, -0.15) is 0 Å². The van der Waals surface area contributed by atoms with Gasteiger partial charge in [0.1, 0.15) is 18.1 Å². The highest BCUT2D eigenvalue weighted by atomic mass is 16.4. The Kier molecular flexibility index (Phi) is 12.4. The zero-order valence-corrected chi connectivity index (χ0v) is 24.4. The van der Waals surface area contributed by atoms with Crippen LogP contribution in [0, 0.1) is 0 Å². The average molecular weight is 627 g/mol. The number of fused-ring (bicyclic) bond motifs is 1. The van der Waals surface area contributed by atoms with Gasteiger partial charge in [0.25, 0.3) is 0 Å². The van der Waals surface area contributed by atoms with Gasteiger partial charge in [0.05, 0.1) is 12.4 Å². The molecule has 17 heteroatoms. The van der Waals surface area contributed by atoms with Crippen LogP contribution in [-0.2, 0) is 36.8 Å². The van der Waals surface area contributed by atoms with Gasteiger partial charge in [-0.3, -0.25) is 24.2 Å². The molecule has 2 heterocycles. The van der Waals surface area contributed by atoms with Crippen molar-refractivity contribution in [2.75, 3.05) is 6.54 Å². The minimum atomic E-state index is -1.44. The highest BCUT2D eigenvalue weighted by Gasteiger charge is 2.31. The highest BCUT2D eigenvalue weighted by molar-refractivity contribution is 5.95. The monoisotopic (exact) mass is 626 g/mol. The second-order valence-corrected chi connectivity index (χ2v) is 10.4. The fourth-order valence-electron chi connectivity index (χ4n) is 4.58. The lowest BCUT2D eigenvalue weighted by Gasteiger charge is -2.25. The van der Waals surface area contributed by atoms with E-state index in [4.69, 9.17) is 17.2 Å². The molecule has 0 fully saturated rings. The molecular formula is C28H38N10O7. The number of nitrogens with two attached hydrogens (primary N) is 3. The molecule has 0 saturated heterocycles. The first-order valence-electron chi connectivity index (χ1n) is 14.1. The lowest BCUT2D eigenvalue weighted by molar-refractivity contribution is -0.143. The fourth-order valence-corrected chi connectivity index (χ4v) is 4.58. The summed E-state index contributed by atoms with van der Waals surface area (Å²) in [5, 5.41) is 27.2. The van der Waals surface area contributed by atoms with E-state index in [-0.39, 0.29) is 44.6 Å². The van der Waals surface area contributed by atoms with Gasteiger partial charge in [0.15, 0.2) is 5.96 Å². The van der Waals surface area contributed by atoms with Crippen molar-refractivity contribution in [2.24, 2.45) is 22.2 Å². The van der Waals surface area contributed by atoms with Crippen molar-refractivity contribution in [3.63, 3.8) is 0 Å². The third kappa shape index (κ3) is 10.6. The van der Waals surface area contributed by atoms with Crippen molar-refractivity contribution in [3.8, 4) is 0 Å². The predicted octanol–water partition coefficient (Wildman–Crippen LogP) is -1.54. The summed E-state index contributed by atoms with van der Waals surface area (Å²) in [6, 6.07) is 2.24. The van der Waals surface area contributed by atoms with E-state index in [1.807, 2.05) is 24.3 Å². The Morgan fingerprint density at radius 2 is 1.58 bits per heavy atom. The zero-order valence-electron chi connectivity index (χ0n) is 24.4. The van der Waals surface area contributed by atoms with Crippen molar-refractivity contribution in [3.05, 3.63) is 54.2 Å². The van der Waals surface area contributed by atoms with Gasteiger partial charge in [0, 0.05) is 54.8 Å². The van der Waals surface area contributed by atoms with Gasteiger partial charge in [-0.25, -0.2) is 9.78 Å². The standard InChI is InChI=1S/C28H38N10O7/c29-18(11-16-13-32-14-35-16)24(41)38-22(10-15-12-34-19-5-2-1-4-17(15)19)26(43)36-20(7-8-23(39)40)25(42)37-21(27(44)45)6-3-9-33-28(30)31/h1-2,4-5,12-14,18,20-22,34H,3,6-11,29H2,(H,32,35)(H,36,43)(H,37,42)(H,38,41)(H,39,40)(H,44,45)(H4,30,31,33). The quantitative estimate of drug-likeness (QED) is 0.0438. The second kappa shape index (κ2) is 16.4. The number of H-pyrrole nitrogens is 2. The molecule has 45 heavy (non-hydrogen) atoms. The highest BCUT2D eigenvalue weighted by Crippen LogP contribution is 2.19. The summed E-state index contributed by atoms with van der Waals surface area (Å²) in [6.07, 6.45) is 4.08. The number of nitrogens with one attached hydrogen (secondary N) is 5. The number of carbonyl (C=O) groups is 5. The fraction of sp³-hybridized carbons (Fsp3) is 0.393. The number of carbonyl (C=O) groups excluding carboxylic acids is 3. The Morgan fingerprint density at radius 3 is 2.24 bits per heavy atom. The summed E-state index contributed by atoms with van der Waals surface area (Å²) in [5.41, 5.74) is 18.7. The van der Waals surface area contributed by atoms with Crippen LogP contribution in [0.25, 0.3) is 10.9 Å². The SMILES string of the molecule is NC(N)=NCCCC(NC(=O)C(CCC(=O)O)NC(=O)C(Cc1c[nH]c2ccccc12)NC(=O)C(N)Cc1cnc[nH]1)C(=O)O. The molecule has 0 bridgehead atoms. The van der Waals surface area contributed by atoms with Crippen LogP contribution in [0.1, 0.15) is 36.9 Å². The van der Waals surface area contributed by atoms with E-state index in [9.17, 15) is 34.2 Å². The number of aromatic amines is 2. The molecule has 0 saturated carbocycles. The Labute approximate surface area is 257 Å². The summed E-state index contributed by atoms with van der Waals surface area (Å²) < 4.78 is 0. The van der Waals surface area contributed by atoms with Crippen LogP contribution in [0.15, 0.2) is 48.0 Å². The number of hydrogen-bond donors (Lipinski definition) is 10. The summed E-state index contributed by atoms with van der Waals surface area (Å²) in [6.45, 7) is 0.124. The number of guanidine groups is 1. The molecular weight excluding hydrogens is 588 g/mol. The maximum absolute atomic E-state index is 13.7. The van der Waals surface area contributed by atoms with Crippen LogP contribution in [0.3, 0.4) is 0 Å². The zero-order chi connectivity index (χ0) is 32.9. The molecule has 0 spiro atoms. The van der Waals surface area contributed by atoms with Gasteiger partial charge in [-0.05, 0) is 30.9 Å². The number of aliphatic imine (C=N–C) groups is 1. The number of imidazole rings is 1. The van der Waals surface area contributed by atoms with Gasteiger partial charge in [-0.15, -0.1) is 0 Å². The number of rotatable bonds is 18. The lowest BCUT2D eigenvalue weighted by atomic mass is 10.0. The van der Waals surface area contributed by atoms with E-state index in [0.717, 1.165) is 10.9 Å². The first-order valence-corrected chi connectivity index (χ1v) is 14.1. The van der Waals surface area contributed by atoms with Crippen molar-refractivity contribution < 1.29 is 34.2 Å². The molecule has 3 aromatic rings. The number of amides is 3. The van der Waals surface area contributed by atoms with Gasteiger partial charge >= 0.3 is 11.9 Å². The summed E-state index contributed by atoms with van der Waals surface area (Å²) in [4.78, 5) is 76.7. The van der Waals surface area contributed by atoms with Crippen molar-refractivity contribution in [1.29, 1.82) is 0 Å². The topological polar surface area (TPSA) is 297 Å². The van der Waals surface area contributed by atoms with Gasteiger partial charge < -0.3 is 53.3 Å². The molecule has 242 valence electrons. The smallest absolute Gasteiger partial charge is 0.326 e. The summed E-state index contributed by atoms with van der Waals surface area (Å²) >= 11 is 0. The number of para-hydroxylation sites is 1. The van der Waals surface area contributed by atoms with Crippen molar-refractivity contribution >= 4 is 46.5 Å². The predicted molar refractivity (Wildman–Crippen MR) is 162 cm³/mol. The molecule has 1 aromatic carbocycles. The van der Waals surface area contributed by atoms with E-state index in [1.54, 1.807) is 6.20 Å². The van der Waals surface area contributed by atoms with Crippen LogP contribution >= 0.6 is 0 Å². The molecule has 2 aromatic heterocycles. The van der Waals surface area contributed by atoms with Crippen LogP contribution < -0.4 is 33.2 Å². The number of benzene rings is 1. The molecule has 0 radical (unpaired) electrons. The Morgan fingerprint density at radius 1 is 0.889 bits per heavy atom. The van der Waals surface area contributed by atoms with E-state index in [2.05, 4.69) is 35.9 Å². The molecule has 4 atom stereocenters. The largest absolute Gasteiger partial charge is 0.481 e. The van der Waals surface area contributed by atoms with Crippen molar-refractivity contribution in [2.45, 2.75) is 62.7 Å². The minimum Gasteiger partial charge on any atom is -0.481 e. The molecule has 17 nitrogen and oxygen atoms in total. The number of aliphatic carboxylic acids is 2. The molecule has 0 aliphatic rings. The third-order valence-corrected chi connectivity index (χ3v) is 6.90. The van der Waals surface area contributed by atoms with Crippen LogP contribution in [-0.4, -0.2) is 91.5 Å². The third-order valence-electron chi connectivity index (χ3n) is 6.90. The van der Waals surface area contributed by atoms with E-state index >= 15 is 0 Å². The van der Waals surface area contributed by atoms with Gasteiger partial charge in [-0.1, -0.05) is 18.2 Å². The van der Waals surface area contributed by atoms with Crippen LogP contribution in [0.2, 0.25) is 0 Å². The lowest BCUT2D eigenvalue weighted by Crippen LogP contribution is -2.57. The first kappa shape index (κ1) is 34.0.